The highest BCUT2D eigenvalue weighted by atomic mass is 16.5. The van der Waals surface area contributed by atoms with E-state index in [0.717, 1.165) is 0 Å². The molecule has 0 spiro atoms. The van der Waals surface area contributed by atoms with Crippen molar-refractivity contribution in [2.24, 2.45) is 0 Å². The molecule has 0 atom stereocenters. The number of carbonyl (C=O) groups is 2. The first kappa shape index (κ1) is 17.6. The Hall–Kier alpha value is -2.50. The maximum Gasteiger partial charge on any atom is 0.307 e. The smallest absolute Gasteiger partial charge is 0.307 e. The molecule has 0 radical (unpaired) electrons. The third-order valence-electron chi connectivity index (χ3n) is 2.94. The Kier molecular flexibility index (Phi) is 7.53. The van der Waals surface area contributed by atoms with E-state index in [1.165, 1.54) is 19.1 Å². The molecule has 0 saturated carbocycles. The lowest BCUT2D eigenvalue weighted by molar-refractivity contribution is -0.142. The van der Waals surface area contributed by atoms with Crippen molar-refractivity contribution in [2.75, 3.05) is 33.9 Å². The lowest BCUT2D eigenvalue weighted by Crippen LogP contribution is -2.36. The molecule has 1 rings (SSSR count). The third kappa shape index (κ3) is 5.47. The molecule has 6 nitrogen and oxygen atoms in total. The van der Waals surface area contributed by atoms with E-state index in [1.54, 1.807) is 24.3 Å². The zero-order chi connectivity index (χ0) is 16.4. The van der Waals surface area contributed by atoms with Gasteiger partial charge in [0, 0.05) is 13.1 Å². The largest absolute Gasteiger partial charge is 0.493 e. The van der Waals surface area contributed by atoms with Crippen molar-refractivity contribution in [1.82, 2.24) is 4.90 Å². The zero-order valence-corrected chi connectivity index (χ0v) is 12.9. The van der Waals surface area contributed by atoms with Crippen LogP contribution in [0, 0.1) is 0 Å². The SMILES string of the molecule is C=CCN(CCC(=O)OC)C(=O)COc1ccccc1OC. The molecule has 0 aliphatic carbocycles. The van der Waals surface area contributed by atoms with Gasteiger partial charge < -0.3 is 19.1 Å². The fourth-order valence-corrected chi connectivity index (χ4v) is 1.77. The van der Waals surface area contributed by atoms with Gasteiger partial charge in [-0.3, -0.25) is 9.59 Å². The van der Waals surface area contributed by atoms with E-state index in [9.17, 15) is 9.59 Å². The number of hydrogen-bond acceptors (Lipinski definition) is 5. The van der Waals surface area contributed by atoms with Crippen LogP contribution < -0.4 is 9.47 Å². The molecule has 120 valence electrons. The minimum Gasteiger partial charge on any atom is -0.493 e. The Labute approximate surface area is 130 Å². The highest BCUT2D eigenvalue weighted by molar-refractivity contribution is 5.79. The van der Waals surface area contributed by atoms with E-state index in [1.807, 2.05) is 6.07 Å². The van der Waals surface area contributed by atoms with E-state index in [4.69, 9.17) is 9.47 Å². The molecule has 0 aromatic heterocycles. The van der Waals surface area contributed by atoms with Gasteiger partial charge in [0.1, 0.15) is 0 Å². The standard InChI is InChI=1S/C16H21NO5/c1-4-10-17(11-9-16(19)21-3)15(18)12-22-14-8-6-5-7-13(14)20-2/h4-8H,1,9-12H2,2-3H3. The number of para-hydroxylation sites is 2. The van der Waals surface area contributed by atoms with Gasteiger partial charge >= 0.3 is 5.97 Å². The van der Waals surface area contributed by atoms with E-state index in [-0.39, 0.29) is 31.4 Å². The Morgan fingerprint density at radius 1 is 1.23 bits per heavy atom. The van der Waals surface area contributed by atoms with Crippen molar-refractivity contribution in [3.63, 3.8) is 0 Å². The van der Waals surface area contributed by atoms with Crippen molar-refractivity contribution >= 4 is 11.9 Å². The minimum absolute atomic E-state index is 0.130. The number of esters is 1. The van der Waals surface area contributed by atoms with Crippen LogP contribution in [0.15, 0.2) is 36.9 Å². The summed E-state index contributed by atoms with van der Waals surface area (Å²) in [5.41, 5.74) is 0. The molecular formula is C16H21NO5. The minimum atomic E-state index is -0.368. The molecule has 1 aromatic carbocycles. The third-order valence-corrected chi connectivity index (χ3v) is 2.94. The number of methoxy groups -OCH3 is 2. The number of rotatable bonds is 9. The fourth-order valence-electron chi connectivity index (χ4n) is 1.77. The van der Waals surface area contributed by atoms with Crippen LogP contribution in [0.1, 0.15) is 6.42 Å². The molecule has 22 heavy (non-hydrogen) atoms. The maximum absolute atomic E-state index is 12.2. The normalized spacial score (nSPS) is 9.73. The van der Waals surface area contributed by atoms with Crippen LogP contribution in [-0.2, 0) is 14.3 Å². The molecule has 0 fully saturated rings. The Bertz CT molecular complexity index is 515. The fraction of sp³-hybridized carbons (Fsp3) is 0.375. The average Bonchev–Trinajstić information content (AvgIpc) is 2.56. The first-order chi connectivity index (χ1) is 10.6. The van der Waals surface area contributed by atoms with Gasteiger partial charge in [-0.1, -0.05) is 18.2 Å². The Balaban J connectivity index is 2.59. The maximum atomic E-state index is 12.2. The van der Waals surface area contributed by atoms with Gasteiger partial charge in [0.15, 0.2) is 18.1 Å². The summed E-state index contributed by atoms with van der Waals surface area (Å²) in [5, 5.41) is 0. The predicted molar refractivity (Wildman–Crippen MR) is 81.9 cm³/mol. The van der Waals surface area contributed by atoms with Crippen molar-refractivity contribution in [2.45, 2.75) is 6.42 Å². The lowest BCUT2D eigenvalue weighted by atomic mass is 10.3. The highest BCUT2D eigenvalue weighted by Crippen LogP contribution is 2.25. The number of benzene rings is 1. The molecule has 1 amide bonds. The van der Waals surface area contributed by atoms with Gasteiger partial charge in [-0.2, -0.15) is 0 Å². The van der Waals surface area contributed by atoms with E-state index in [0.29, 0.717) is 18.0 Å². The average molecular weight is 307 g/mol. The van der Waals surface area contributed by atoms with Crippen LogP contribution in [0.4, 0.5) is 0 Å². The van der Waals surface area contributed by atoms with Gasteiger partial charge in [0.2, 0.25) is 0 Å². The summed E-state index contributed by atoms with van der Waals surface area (Å²) in [7, 11) is 2.84. The van der Waals surface area contributed by atoms with E-state index >= 15 is 0 Å². The molecule has 0 bridgehead atoms. The Morgan fingerprint density at radius 3 is 2.50 bits per heavy atom. The predicted octanol–water partition coefficient (Wildman–Crippen LogP) is 1.65. The van der Waals surface area contributed by atoms with E-state index < -0.39 is 0 Å². The number of carbonyl (C=O) groups excluding carboxylic acids is 2. The van der Waals surface area contributed by atoms with Crippen LogP contribution in [0.5, 0.6) is 11.5 Å². The summed E-state index contributed by atoms with van der Waals surface area (Å²) in [6, 6.07) is 7.08. The van der Waals surface area contributed by atoms with Crippen LogP contribution in [0.2, 0.25) is 0 Å². The summed E-state index contributed by atoms with van der Waals surface area (Å²) >= 11 is 0. The van der Waals surface area contributed by atoms with E-state index in [2.05, 4.69) is 11.3 Å². The molecule has 0 unspecified atom stereocenters. The first-order valence-electron chi connectivity index (χ1n) is 6.83. The van der Waals surface area contributed by atoms with Crippen molar-refractivity contribution in [1.29, 1.82) is 0 Å². The zero-order valence-electron chi connectivity index (χ0n) is 12.9. The van der Waals surface area contributed by atoms with Gasteiger partial charge in [0.25, 0.3) is 5.91 Å². The van der Waals surface area contributed by atoms with Crippen molar-refractivity contribution < 1.29 is 23.8 Å². The van der Waals surface area contributed by atoms with Crippen LogP contribution in [0.3, 0.4) is 0 Å². The van der Waals surface area contributed by atoms with Crippen LogP contribution >= 0.6 is 0 Å². The highest BCUT2D eigenvalue weighted by Gasteiger charge is 2.15. The van der Waals surface area contributed by atoms with Crippen LogP contribution in [-0.4, -0.2) is 50.7 Å². The summed E-state index contributed by atoms with van der Waals surface area (Å²) in [4.78, 5) is 24.8. The monoisotopic (exact) mass is 307 g/mol. The number of ether oxygens (including phenoxy) is 3. The van der Waals surface area contributed by atoms with Gasteiger partial charge in [-0.05, 0) is 12.1 Å². The number of nitrogens with zero attached hydrogens (tertiary/aromatic N) is 1. The summed E-state index contributed by atoms with van der Waals surface area (Å²) < 4.78 is 15.2. The molecule has 0 heterocycles. The Morgan fingerprint density at radius 2 is 1.91 bits per heavy atom. The molecule has 0 saturated heterocycles. The van der Waals surface area contributed by atoms with Crippen molar-refractivity contribution in [3.05, 3.63) is 36.9 Å². The quantitative estimate of drug-likeness (QED) is 0.513. The molecule has 0 aliphatic rings. The number of hydrogen-bond donors (Lipinski definition) is 0. The molecule has 1 aromatic rings. The van der Waals surface area contributed by atoms with Gasteiger partial charge in [0.05, 0.1) is 20.6 Å². The van der Waals surface area contributed by atoms with Crippen LogP contribution in [0.25, 0.3) is 0 Å². The lowest BCUT2D eigenvalue weighted by Gasteiger charge is -2.21. The van der Waals surface area contributed by atoms with Gasteiger partial charge in [-0.25, -0.2) is 0 Å². The summed E-state index contributed by atoms with van der Waals surface area (Å²) in [6.07, 6.45) is 1.73. The summed E-state index contributed by atoms with van der Waals surface area (Å²) in [6.45, 7) is 4.06. The molecule has 0 N–H and O–H groups in total. The van der Waals surface area contributed by atoms with Crippen molar-refractivity contribution in [3.8, 4) is 11.5 Å². The summed E-state index contributed by atoms with van der Waals surface area (Å²) in [5.74, 6) is 0.437. The second-order valence-corrected chi connectivity index (χ2v) is 4.39. The first-order valence-corrected chi connectivity index (χ1v) is 6.83. The molecule has 6 heteroatoms. The topological polar surface area (TPSA) is 65.1 Å². The number of amides is 1. The molecule has 0 aliphatic heterocycles. The second-order valence-electron chi connectivity index (χ2n) is 4.39. The van der Waals surface area contributed by atoms with Gasteiger partial charge in [-0.15, -0.1) is 6.58 Å². The molecular weight excluding hydrogens is 286 g/mol. The second kappa shape index (κ2) is 9.44.